The minimum Gasteiger partial charge on any atom is -0.0654 e. The van der Waals surface area contributed by atoms with E-state index in [0.717, 1.165) is 11.8 Å². The van der Waals surface area contributed by atoms with E-state index in [1.165, 1.54) is 57.8 Å². The third-order valence-corrected chi connectivity index (χ3v) is 3.28. The molecule has 0 heterocycles. The highest BCUT2D eigenvalue weighted by Crippen LogP contribution is 2.18. The molecule has 0 spiro atoms. The summed E-state index contributed by atoms with van der Waals surface area (Å²) in [7, 11) is 0. The fourth-order valence-corrected chi connectivity index (χ4v) is 2.11. The summed E-state index contributed by atoms with van der Waals surface area (Å²) in [6.07, 6.45) is 12.9. The lowest BCUT2D eigenvalue weighted by Gasteiger charge is -2.11. The third-order valence-electron chi connectivity index (χ3n) is 3.28. The second kappa shape index (κ2) is 10.5. The van der Waals surface area contributed by atoms with Crippen LogP contribution in [0, 0.1) is 11.8 Å². The average Bonchev–Trinajstić information content (AvgIpc) is 2.19. The van der Waals surface area contributed by atoms with Crippen LogP contribution in [0.3, 0.4) is 0 Å². The molecule has 0 heteroatoms. The number of unbranched alkanes of at least 4 members (excludes halogenated alkanes) is 4. The van der Waals surface area contributed by atoms with Crippen molar-refractivity contribution in [2.75, 3.05) is 0 Å². The second-order valence-corrected chi connectivity index (χ2v) is 5.63. The highest BCUT2D eigenvalue weighted by molar-refractivity contribution is 4.55. The van der Waals surface area contributed by atoms with Crippen molar-refractivity contribution in [1.29, 1.82) is 0 Å². The molecule has 92 valence electrons. The molecule has 0 aromatic heterocycles. The smallest absolute Gasteiger partial charge is 0.0443 e. The molecule has 0 saturated heterocycles. The molecular weight excluding hydrogens is 180 g/mol. The summed E-state index contributed by atoms with van der Waals surface area (Å²) in [6.45, 7) is 9.37. The van der Waals surface area contributed by atoms with E-state index >= 15 is 0 Å². The van der Waals surface area contributed by atoms with Gasteiger partial charge in [0.2, 0.25) is 0 Å². The van der Waals surface area contributed by atoms with Gasteiger partial charge in [0.1, 0.15) is 0 Å². The van der Waals surface area contributed by atoms with Gasteiger partial charge in [-0.2, -0.15) is 0 Å². The van der Waals surface area contributed by atoms with E-state index in [2.05, 4.69) is 27.7 Å². The largest absolute Gasteiger partial charge is 0.0654 e. The number of hydrogen-bond donors (Lipinski definition) is 0. The first-order chi connectivity index (χ1) is 7.16. The number of rotatable bonds is 10. The molecule has 0 aliphatic carbocycles. The van der Waals surface area contributed by atoms with E-state index in [-0.39, 0.29) is 0 Å². The first kappa shape index (κ1) is 15.0. The molecule has 0 saturated carbocycles. The Balaban J connectivity index is 3.15. The van der Waals surface area contributed by atoms with Gasteiger partial charge in [0, 0.05) is 0 Å². The molecule has 1 unspecified atom stereocenters. The lowest BCUT2D eigenvalue weighted by molar-refractivity contribution is 0.424. The molecule has 0 rings (SSSR count). The van der Waals surface area contributed by atoms with Gasteiger partial charge in [0.05, 0.1) is 0 Å². The van der Waals surface area contributed by atoms with Crippen molar-refractivity contribution in [2.45, 2.75) is 85.5 Å². The molecule has 0 radical (unpaired) electrons. The van der Waals surface area contributed by atoms with Crippen molar-refractivity contribution in [2.24, 2.45) is 11.8 Å². The summed E-state index contributed by atoms with van der Waals surface area (Å²) >= 11 is 0. The molecule has 0 nitrogen and oxygen atoms in total. The van der Waals surface area contributed by atoms with Crippen LogP contribution in [0.5, 0.6) is 0 Å². The van der Waals surface area contributed by atoms with Crippen molar-refractivity contribution in [3.63, 3.8) is 0 Å². The van der Waals surface area contributed by atoms with E-state index < -0.39 is 0 Å². The minimum absolute atomic E-state index is 0.893. The van der Waals surface area contributed by atoms with Crippen LogP contribution in [0.4, 0.5) is 0 Å². The fraction of sp³-hybridized carbons (Fsp3) is 1.00. The maximum atomic E-state index is 2.43. The zero-order valence-corrected chi connectivity index (χ0v) is 11.5. The van der Waals surface area contributed by atoms with Gasteiger partial charge in [0.15, 0.2) is 0 Å². The van der Waals surface area contributed by atoms with Gasteiger partial charge in [-0.25, -0.2) is 0 Å². The van der Waals surface area contributed by atoms with Gasteiger partial charge in [-0.15, -0.1) is 0 Å². The quantitative estimate of drug-likeness (QED) is 0.401. The molecule has 0 aromatic carbocycles. The Morgan fingerprint density at radius 1 is 0.667 bits per heavy atom. The molecule has 0 fully saturated rings. The standard InChI is InChI=1S/C15H32/c1-5-6-7-8-12-15(4)13-10-9-11-14(2)3/h14-15H,5-13H2,1-4H3. The molecule has 0 aliphatic heterocycles. The van der Waals surface area contributed by atoms with Gasteiger partial charge in [-0.3, -0.25) is 0 Å². The Bertz CT molecular complexity index is 115. The highest BCUT2D eigenvalue weighted by Gasteiger charge is 2.02. The molecule has 0 amide bonds. The van der Waals surface area contributed by atoms with Crippen LogP contribution in [0.2, 0.25) is 0 Å². The van der Waals surface area contributed by atoms with Gasteiger partial charge < -0.3 is 0 Å². The Hall–Kier alpha value is 0. The van der Waals surface area contributed by atoms with Crippen LogP contribution in [0.25, 0.3) is 0 Å². The Morgan fingerprint density at radius 2 is 1.20 bits per heavy atom. The van der Waals surface area contributed by atoms with Crippen LogP contribution in [-0.2, 0) is 0 Å². The Kier molecular flexibility index (Phi) is 10.5. The predicted octanol–water partition coefficient (Wildman–Crippen LogP) is 5.81. The van der Waals surface area contributed by atoms with Crippen LogP contribution < -0.4 is 0 Å². The van der Waals surface area contributed by atoms with E-state index in [1.807, 2.05) is 0 Å². The maximum absolute atomic E-state index is 2.43. The van der Waals surface area contributed by atoms with E-state index in [4.69, 9.17) is 0 Å². The van der Waals surface area contributed by atoms with Crippen LogP contribution in [0.1, 0.15) is 85.5 Å². The van der Waals surface area contributed by atoms with Crippen LogP contribution in [-0.4, -0.2) is 0 Å². The summed E-state index contributed by atoms with van der Waals surface area (Å²) < 4.78 is 0. The molecule has 0 aromatic rings. The van der Waals surface area contributed by atoms with Crippen molar-refractivity contribution in [3.05, 3.63) is 0 Å². The van der Waals surface area contributed by atoms with E-state index in [9.17, 15) is 0 Å². The summed E-state index contributed by atoms with van der Waals surface area (Å²) in [5, 5.41) is 0. The Labute approximate surface area is 97.8 Å². The topological polar surface area (TPSA) is 0 Å². The predicted molar refractivity (Wildman–Crippen MR) is 71.2 cm³/mol. The minimum atomic E-state index is 0.893. The zero-order valence-electron chi connectivity index (χ0n) is 11.5. The summed E-state index contributed by atoms with van der Waals surface area (Å²) in [5.41, 5.74) is 0. The first-order valence-corrected chi connectivity index (χ1v) is 7.16. The molecule has 0 aliphatic rings. The van der Waals surface area contributed by atoms with Gasteiger partial charge >= 0.3 is 0 Å². The normalized spacial score (nSPS) is 13.4. The van der Waals surface area contributed by atoms with Crippen LogP contribution in [0.15, 0.2) is 0 Å². The molecule has 0 N–H and O–H groups in total. The van der Waals surface area contributed by atoms with Crippen molar-refractivity contribution in [3.8, 4) is 0 Å². The fourth-order valence-electron chi connectivity index (χ4n) is 2.11. The van der Waals surface area contributed by atoms with Crippen molar-refractivity contribution in [1.82, 2.24) is 0 Å². The zero-order chi connectivity index (χ0) is 11.5. The molecular formula is C15H32. The number of hydrogen-bond acceptors (Lipinski definition) is 0. The van der Waals surface area contributed by atoms with Gasteiger partial charge in [0.25, 0.3) is 0 Å². The average molecular weight is 212 g/mol. The molecule has 15 heavy (non-hydrogen) atoms. The van der Waals surface area contributed by atoms with E-state index in [0.29, 0.717) is 0 Å². The summed E-state index contributed by atoms with van der Waals surface area (Å²) in [5.74, 6) is 1.86. The summed E-state index contributed by atoms with van der Waals surface area (Å²) in [6, 6.07) is 0. The highest BCUT2D eigenvalue weighted by atomic mass is 14.1. The summed E-state index contributed by atoms with van der Waals surface area (Å²) in [4.78, 5) is 0. The van der Waals surface area contributed by atoms with Crippen molar-refractivity contribution < 1.29 is 0 Å². The van der Waals surface area contributed by atoms with Gasteiger partial charge in [-0.1, -0.05) is 85.5 Å². The third kappa shape index (κ3) is 11.9. The van der Waals surface area contributed by atoms with Crippen LogP contribution >= 0.6 is 0 Å². The monoisotopic (exact) mass is 212 g/mol. The SMILES string of the molecule is CCCCCCC(C)CCCCC(C)C. The molecule has 0 bridgehead atoms. The lowest BCUT2D eigenvalue weighted by atomic mass is 9.95. The second-order valence-electron chi connectivity index (χ2n) is 5.63. The van der Waals surface area contributed by atoms with Gasteiger partial charge in [-0.05, 0) is 11.8 Å². The van der Waals surface area contributed by atoms with Crippen molar-refractivity contribution >= 4 is 0 Å². The maximum Gasteiger partial charge on any atom is -0.0443 e. The van der Waals surface area contributed by atoms with E-state index in [1.54, 1.807) is 0 Å². The molecule has 1 atom stereocenters. The Morgan fingerprint density at radius 3 is 1.73 bits per heavy atom. The lowest BCUT2D eigenvalue weighted by Crippen LogP contribution is -1.96. The first-order valence-electron chi connectivity index (χ1n) is 7.16.